The number of nitrogens with two attached hydrogens (primary N) is 1. The second-order valence-corrected chi connectivity index (χ2v) is 4.02. The lowest BCUT2D eigenvalue weighted by Crippen LogP contribution is -1.93. The fraction of sp³-hybridized carbons (Fsp3) is 0. The van der Waals surface area contributed by atoms with Crippen LogP contribution in [-0.4, -0.2) is 4.98 Å². The number of anilines is 1. The minimum absolute atomic E-state index is 0.317. The summed E-state index contributed by atoms with van der Waals surface area (Å²) < 4.78 is 13.1. The second kappa shape index (κ2) is 4.28. The lowest BCUT2D eigenvalue weighted by atomic mass is 10.1. The summed E-state index contributed by atoms with van der Waals surface area (Å²) >= 11 is 11.8. The highest BCUT2D eigenvalue weighted by atomic mass is 35.5. The predicted octanol–water partition coefficient (Wildman–Crippen LogP) is 3.78. The van der Waals surface area contributed by atoms with E-state index >= 15 is 0 Å². The third kappa shape index (κ3) is 1.96. The molecule has 0 saturated carbocycles. The molecule has 0 fully saturated rings. The summed E-state index contributed by atoms with van der Waals surface area (Å²) in [5, 5.41) is 0.718. The van der Waals surface area contributed by atoms with Gasteiger partial charge < -0.3 is 5.73 Å². The van der Waals surface area contributed by atoms with Crippen molar-refractivity contribution < 1.29 is 4.39 Å². The predicted molar refractivity (Wildman–Crippen MR) is 64.1 cm³/mol. The first-order chi connectivity index (χ1) is 7.59. The van der Waals surface area contributed by atoms with Crippen molar-refractivity contribution in [2.45, 2.75) is 0 Å². The van der Waals surface area contributed by atoms with Gasteiger partial charge in [-0.15, -0.1) is 0 Å². The van der Waals surface area contributed by atoms with Crippen molar-refractivity contribution in [3.63, 3.8) is 0 Å². The number of benzene rings is 1. The molecule has 2 aromatic rings. The lowest BCUT2D eigenvalue weighted by Gasteiger charge is -2.08. The summed E-state index contributed by atoms with van der Waals surface area (Å²) in [7, 11) is 0. The molecule has 16 heavy (non-hydrogen) atoms. The monoisotopic (exact) mass is 256 g/mol. The smallest absolute Gasteiger partial charge is 0.123 e. The topological polar surface area (TPSA) is 38.9 Å². The van der Waals surface area contributed by atoms with Crippen molar-refractivity contribution in [1.82, 2.24) is 4.98 Å². The van der Waals surface area contributed by atoms with Gasteiger partial charge in [-0.2, -0.15) is 0 Å². The number of hydrogen-bond donors (Lipinski definition) is 1. The minimum atomic E-state index is -0.390. The van der Waals surface area contributed by atoms with Crippen LogP contribution in [-0.2, 0) is 0 Å². The number of rotatable bonds is 1. The first kappa shape index (κ1) is 11.2. The standard InChI is InChI=1S/C11H7Cl2FN2/c12-9-2-1-6(14)3-7(9)8-4-16-5-10(13)11(8)15/h1-5H,(H2,15,16). The lowest BCUT2D eigenvalue weighted by molar-refractivity contribution is 0.628. The average Bonchev–Trinajstić information content (AvgIpc) is 2.26. The van der Waals surface area contributed by atoms with Crippen molar-refractivity contribution in [3.8, 4) is 11.1 Å². The molecule has 0 unspecified atom stereocenters. The van der Waals surface area contributed by atoms with Gasteiger partial charge in [0.15, 0.2) is 0 Å². The number of halogens is 3. The Bertz CT molecular complexity index is 544. The van der Waals surface area contributed by atoms with Crippen LogP contribution in [0.4, 0.5) is 10.1 Å². The Hall–Kier alpha value is -1.32. The van der Waals surface area contributed by atoms with Crippen LogP contribution in [0.5, 0.6) is 0 Å². The number of nitrogen functional groups attached to an aromatic ring is 1. The van der Waals surface area contributed by atoms with Crippen molar-refractivity contribution >= 4 is 28.9 Å². The van der Waals surface area contributed by atoms with Gasteiger partial charge in [0.05, 0.1) is 10.7 Å². The quantitative estimate of drug-likeness (QED) is 0.844. The van der Waals surface area contributed by atoms with Gasteiger partial charge in [-0.25, -0.2) is 4.39 Å². The molecule has 0 saturated heterocycles. The van der Waals surface area contributed by atoms with Crippen LogP contribution >= 0.6 is 23.2 Å². The molecule has 2 nitrogen and oxygen atoms in total. The second-order valence-electron chi connectivity index (χ2n) is 3.21. The minimum Gasteiger partial charge on any atom is -0.397 e. The summed E-state index contributed by atoms with van der Waals surface area (Å²) in [5.41, 5.74) is 7.12. The molecule has 0 radical (unpaired) electrons. The molecule has 0 amide bonds. The maximum atomic E-state index is 13.1. The molecule has 0 bridgehead atoms. The van der Waals surface area contributed by atoms with Crippen LogP contribution in [0.15, 0.2) is 30.6 Å². The Morgan fingerprint density at radius 2 is 1.81 bits per heavy atom. The van der Waals surface area contributed by atoms with Gasteiger partial charge in [-0.05, 0) is 18.2 Å². The summed E-state index contributed by atoms with van der Waals surface area (Å²) in [6.45, 7) is 0. The molecule has 5 heteroatoms. The third-order valence-corrected chi connectivity index (χ3v) is 2.79. The normalized spacial score (nSPS) is 10.4. The highest BCUT2D eigenvalue weighted by Gasteiger charge is 2.10. The van der Waals surface area contributed by atoms with Crippen LogP contribution in [0.25, 0.3) is 11.1 Å². The molecule has 1 aromatic heterocycles. The summed E-state index contributed by atoms with van der Waals surface area (Å²) in [6, 6.07) is 4.04. The van der Waals surface area contributed by atoms with E-state index in [0.29, 0.717) is 26.9 Å². The van der Waals surface area contributed by atoms with Crippen molar-refractivity contribution in [1.29, 1.82) is 0 Å². The van der Waals surface area contributed by atoms with Gasteiger partial charge in [0.25, 0.3) is 0 Å². The first-order valence-corrected chi connectivity index (χ1v) is 5.19. The van der Waals surface area contributed by atoms with Crippen LogP contribution in [0.3, 0.4) is 0 Å². The van der Waals surface area contributed by atoms with Crippen molar-refractivity contribution in [3.05, 3.63) is 46.5 Å². The van der Waals surface area contributed by atoms with Crippen molar-refractivity contribution in [2.75, 3.05) is 5.73 Å². The van der Waals surface area contributed by atoms with E-state index in [2.05, 4.69) is 4.98 Å². The zero-order valence-electron chi connectivity index (χ0n) is 8.05. The largest absolute Gasteiger partial charge is 0.397 e. The van der Waals surface area contributed by atoms with E-state index in [1.54, 1.807) is 0 Å². The molecule has 0 atom stereocenters. The van der Waals surface area contributed by atoms with Crippen LogP contribution in [0.1, 0.15) is 0 Å². The van der Waals surface area contributed by atoms with Gasteiger partial charge >= 0.3 is 0 Å². The van der Waals surface area contributed by atoms with Gasteiger partial charge in [0, 0.05) is 28.5 Å². The zero-order chi connectivity index (χ0) is 11.7. The third-order valence-electron chi connectivity index (χ3n) is 2.16. The number of aromatic nitrogens is 1. The molecule has 1 heterocycles. The first-order valence-electron chi connectivity index (χ1n) is 4.44. The Morgan fingerprint density at radius 3 is 2.56 bits per heavy atom. The van der Waals surface area contributed by atoms with E-state index in [4.69, 9.17) is 28.9 Å². The van der Waals surface area contributed by atoms with E-state index < -0.39 is 5.82 Å². The van der Waals surface area contributed by atoms with Crippen molar-refractivity contribution in [2.24, 2.45) is 0 Å². The maximum absolute atomic E-state index is 13.1. The average molecular weight is 257 g/mol. The Labute approximate surface area is 102 Å². The molecular weight excluding hydrogens is 250 g/mol. The Kier molecular flexibility index (Phi) is 2.99. The summed E-state index contributed by atoms with van der Waals surface area (Å²) in [4.78, 5) is 3.90. The van der Waals surface area contributed by atoms with Crippen LogP contribution in [0, 0.1) is 5.82 Å². The zero-order valence-corrected chi connectivity index (χ0v) is 9.56. The van der Waals surface area contributed by atoms with E-state index in [0.717, 1.165) is 0 Å². The molecule has 2 rings (SSSR count). The van der Waals surface area contributed by atoms with Gasteiger partial charge in [-0.3, -0.25) is 4.98 Å². The van der Waals surface area contributed by atoms with Crippen LogP contribution in [0.2, 0.25) is 10.0 Å². The number of pyridine rings is 1. The number of hydrogen-bond acceptors (Lipinski definition) is 2. The molecule has 0 aliphatic rings. The fourth-order valence-corrected chi connectivity index (χ4v) is 1.74. The molecule has 0 spiro atoms. The summed E-state index contributed by atoms with van der Waals surface area (Å²) in [6.07, 6.45) is 2.93. The highest BCUT2D eigenvalue weighted by molar-refractivity contribution is 6.35. The van der Waals surface area contributed by atoms with E-state index in [1.807, 2.05) is 0 Å². The molecule has 1 aromatic carbocycles. The number of nitrogens with zero attached hydrogens (tertiary/aromatic N) is 1. The summed E-state index contributed by atoms with van der Waals surface area (Å²) in [5.74, 6) is -0.390. The van der Waals surface area contributed by atoms with E-state index in [-0.39, 0.29) is 0 Å². The molecule has 2 N–H and O–H groups in total. The Morgan fingerprint density at radius 1 is 1.06 bits per heavy atom. The molecular formula is C11H7Cl2FN2. The van der Waals surface area contributed by atoms with E-state index in [1.165, 1.54) is 30.6 Å². The van der Waals surface area contributed by atoms with Gasteiger partial charge in [0.2, 0.25) is 0 Å². The highest BCUT2D eigenvalue weighted by Crippen LogP contribution is 2.34. The molecule has 0 aliphatic heterocycles. The molecule has 0 aliphatic carbocycles. The SMILES string of the molecule is Nc1c(Cl)cncc1-c1cc(F)ccc1Cl. The van der Waals surface area contributed by atoms with E-state index in [9.17, 15) is 4.39 Å². The fourth-order valence-electron chi connectivity index (χ4n) is 1.36. The van der Waals surface area contributed by atoms with Crippen LogP contribution < -0.4 is 5.73 Å². The maximum Gasteiger partial charge on any atom is 0.123 e. The molecule has 82 valence electrons. The Balaban J connectivity index is 2.67. The van der Waals surface area contributed by atoms with Gasteiger partial charge in [0.1, 0.15) is 5.82 Å². The van der Waals surface area contributed by atoms with Gasteiger partial charge in [-0.1, -0.05) is 23.2 Å².